The van der Waals surface area contributed by atoms with Crippen LogP contribution in [0.1, 0.15) is 11.1 Å². The van der Waals surface area contributed by atoms with Gasteiger partial charge in [0.2, 0.25) is 5.91 Å². The zero-order valence-electron chi connectivity index (χ0n) is 15.4. The average Bonchev–Trinajstić information content (AvgIpc) is 3.13. The summed E-state index contributed by atoms with van der Waals surface area (Å²) < 4.78 is 15.1. The van der Waals surface area contributed by atoms with Gasteiger partial charge in [-0.1, -0.05) is 42.5 Å². The van der Waals surface area contributed by atoms with Gasteiger partial charge >= 0.3 is 0 Å². The fourth-order valence-corrected chi connectivity index (χ4v) is 3.11. The normalized spacial score (nSPS) is 11.2. The van der Waals surface area contributed by atoms with Crippen LogP contribution in [-0.2, 0) is 11.3 Å². The molecule has 5 nitrogen and oxygen atoms in total. The second-order valence-electron chi connectivity index (χ2n) is 6.56. The molecule has 0 fully saturated rings. The number of phenolic OH excluding ortho intramolecular Hbond substituents is 1. The number of nitrogens with one attached hydrogen (secondary N) is 1. The highest BCUT2D eigenvalue weighted by Crippen LogP contribution is 2.24. The smallest absolute Gasteiger partial charge is 0.248 e. The molecule has 1 amide bonds. The maximum Gasteiger partial charge on any atom is 0.248 e. The van der Waals surface area contributed by atoms with Gasteiger partial charge in [0.25, 0.3) is 0 Å². The number of hydrogen-bond donors (Lipinski definition) is 2. The van der Waals surface area contributed by atoms with Crippen molar-refractivity contribution in [1.29, 1.82) is 0 Å². The molecule has 2 N–H and O–H groups in total. The molecule has 4 rings (SSSR count). The van der Waals surface area contributed by atoms with Crippen LogP contribution in [0.25, 0.3) is 17.1 Å². The molecule has 0 unspecified atom stereocenters. The number of para-hydroxylation sites is 1. The molecule has 144 valence electrons. The average molecular weight is 387 g/mol. The van der Waals surface area contributed by atoms with E-state index >= 15 is 0 Å². The number of phenols is 1. The minimum atomic E-state index is -0.704. The van der Waals surface area contributed by atoms with E-state index < -0.39 is 11.6 Å². The van der Waals surface area contributed by atoms with Gasteiger partial charge in [0.05, 0.1) is 23.0 Å². The molecule has 0 aliphatic heterocycles. The summed E-state index contributed by atoms with van der Waals surface area (Å²) >= 11 is 0. The molecule has 0 atom stereocenters. The van der Waals surface area contributed by atoms with E-state index in [1.807, 2.05) is 53.1 Å². The predicted molar refractivity (Wildman–Crippen MR) is 111 cm³/mol. The minimum Gasteiger partial charge on any atom is -0.505 e. The number of nitrogens with zero attached hydrogens (tertiary/aromatic N) is 2. The molecule has 0 bridgehead atoms. The van der Waals surface area contributed by atoms with Gasteiger partial charge < -0.3 is 15.0 Å². The first-order valence-electron chi connectivity index (χ1n) is 9.05. The third-order valence-corrected chi connectivity index (χ3v) is 4.49. The van der Waals surface area contributed by atoms with Crippen molar-refractivity contribution < 1.29 is 14.3 Å². The van der Waals surface area contributed by atoms with Crippen molar-refractivity contribution in [3.8, 4) is 5.75 Å². The lowest BCUT2D eigenvalue weighted by Gasteiger charge is -2.09. The summed E-state index contributed by atoms with van der Waals surface area (Å²) in [6.07, 6.45) is 4.60. The molecule has 29 heavy (non-hydrogen) atoms. The number of aromatic nitrogens is 2. The van der Waals surface area contributed by atoms with E-state index in [0.717, 1.165) is 22.7 Å². The van der Waals surface area contributed by atoms with Crippen molar-refractivity contribution in [2.45, 2.75) is 6.54 Å². The molecular formula is C23H18FN3O2. The molecule has 1 aromatic heterocycles. The van der Waals surface area contributed by atoms with E-state index in [-0.39, 0.29) is 5.91 Å². The number of carbonyl (C=O) groups excluding carboxylic acids is 1. The van der Waals surface area contributed by atoms with Crippen molar-refractivity contribution in [2.75, 3.05) is 5.32 Å². The van der Waals surface area contributed by atoms with Crippen molar-refractivity contribution >= 4 is 28.7 Å². The molecular weight excluding hydrogens is 369 g/mol. The van der Waals surface area contributed by atoms with Crippen molar-refractivity contribution in [3.05, 3.63) is 96.1 Å². The number of anilines is 1. The van der Waals surface area contributed by atoms with Gasteiger partial charge in [0.1, 0.15) is 0 Å². The van der Waals surface area contributed by atoms with Crippen LogP contribution >= 0.6 is 0 Å². The Balaban J connectivity index is 1.57. The highest BCUT2D eigenvalue weighted by atomic mass is 19.1. The molecule has 0 saturated carbocycles. The molecule has 4 aromatic rings. The Morgan fingerprint density at radius 3 is 2.72 bits per heavy atom. The maximum absolute atomic E-state index is 13.1. The molecule has 1 heterocycles. The second-order valence-corrected chi connectivity index (χ2v) is 6.56. The number of aromatic hydroxyl groups is 1. The fraction of sp³-hybridized carbons (Fsp3) is 0.0435. The molecule has 0 aliphatic carbocycles. The third-order valence-electron chi connectivity index (χ3n) is 4.49. The van der Waals surface area contributed by atoms with E-state index in [4.69, 9.17) is 0 Å². The molecule has 0 radical (unpaired) electrons. The van der Waals surface area contributed by atoms with Gasteiger partial charge in [-0.15, -0.1) is 0 Å². The van der Waals surface area contributed by atoms with E-state index in [1.165, 1.54) is 24.3 Å². The summed E-state index contributed by atoms with van der Waals surface area (Å²) in [6, 6.07) is 19.4. The summed E-state index contributed by atoms with van der Waals surface area (Å²) in [4.78, 5) is 16.8. The van der Waals surface area contributed by atoms with E-state index in [0.29, 0.717) is 17.8 Å². The Morgan fingerprint density at radius 1 is 1.10 bits per heavy atom. The molecule has 3 aromatic carbocycles. The van der Waals surface area contributed by atoms with Gasteiger partial charge in [-0.3, -0.25) is 4.79 Å². The van der Waals surface area contributed by atoms with Crippen LogP contribution in [0, 0.1) is 5.82 Å². The topological polar surface area (TPSA) is 67.2 Å². The first-order chi connectivity index (χ1) is 14.1. The number of fused-ring (bicyclic) bond motifs is 1. The van der Waals surface area contributed by atoms with Gasteiger partial charge in [0, 0.05) is 12.6 Å². The van der Waals surface area contributed by atoms with E-state index in [9.17, 15) is 14.3 Å². The summed E-state index contributed by atoms with van der Waals surface area (Å²) in [5.74, 6) is -1.50. The number of imidazole rings is 1. The highest BCUT2D eigenvalue weighted by molar-refractivity contribution is 6.06. The Labute approximate surface area is 166 Å². The zero-order valence-corrected chi connectivity index (χ0v) is 15.4. The SMILES string of the molecule is O=C(C=Cc1ccc(F)c(O)c1)Nc1cccc2ncn(Cc3ccccc3)c12. The number of benzene rings is 3. The standard InChI is InChI=1S/C23H18FN3O2/c24-18-11-9-16(13-21(18)28)10-12-22(29)26-20-8-4-7-19-23(20)27(15-25-19)14-17-5-2-1-3-6-17/h1-13,15,28H,14H2,(H,26,29). The highest BCUT2D eigenvalue weighted by Gasteiger charge is 2.10. The first kappa shape index (κ1) is 18.4. The van der Waals surface area contributed by atoms with Crippen LogP contribution in [0.3, 0.4) is 0 Å². The number of hydrogen-bond acceptors (Lipinski definition) is 3. The number of amides is 1. The van der Waals surface area contributed by atoms with Gasteiger partial charge in [-0.25, -0.2) is 9.37 Å². The van der Waals surface area contributed by atoms with Crippen molar-refractivity contribution in [2.24, 2.45) is 0 Å². The maximum atomic E-state index is 13.1. The quantitative estimate of drug-likeness (QED) is 0.493. The Hall–Kier alpha value is -3.93. The number of carbonyl (C=O) groups is 1. The minimum absolute atomic E-state index is 0.339. The zero-order chi connectivity index (χ0) is 20.2. The van der Waals surface area contributed by atoms with Gasteiger partial charge in [0.15, 0.2) is 11.6 Å². The van der Waals surface area contributed by atoms with Gasteiger partial charge in [-0.05, 0) is 41.5 Å². The van der Waals surface area contributed by atoms with Gasteiger partial charge in [-0.2, -0.15) is 0 Å². The van der Waals surface area contributed by atoms with Crippen molar-refractivity contribution in [1.82, 2.24) is 9.55 Å². The molecule has 6 heteroatoms. The molecule has 0 saturated heterocycles. The van der Waals surface area contributed by atoms with E-state index in [2.05, 4.69) is 10.3 Å². The van der Waals surface area contributed by atoms with Crippen molar-refractivity contribution in [3.63, 3.8) is 0 Å². The van der Waals surface area contributed by atoms with Crippen LogP contribution in [0.4, 0.5) is 10.1 Å². The van der Waals surface area contributed by atoms with Crippen LogP contribution in [0.5, 0.6) is 5.75 Å². The Morgan fingerprint density at radius 2 is 1.93 bits per heavy atom. The number of halogens is 1. The first-order valence-corrected chi connectivity index (χ1v) is 9.05. The Bertz CT molecular complexity index is 1200. The van der Waals surface area contributed by atoms with Crippen LogP contribution < -0.4 is 5.32 Å². The monoisotopic (exact) mass is 387 g/mol. The Kier molecular flexibility index (Phi) is 5.07. The molecule has 0 spiro atoms. The van der Waals surface area contributed by atoms with Crippen LogP contribution in [-0.4, -0.2) is 20.6 Å². The lowest BCUT2D eigenvalue weighted by Crippen LogP contribution is -2.09. The number of rotatable bonds is 5. The third kappa shape index (κ3) is 4.16. The lowest BCUT2D eigenvalue weighted by molar-refractivity contribution is -0.111. The fourth-order valence-electron chi connectivity index (χ4n) is 3.11. The molecule has 0 aliphatic rings. The second kappa shape index (κ2) is 7.98. The summed E-state index contributed by atoms with van der Waals surface area (Å²) in [5, 5.41) is 12.3. The predicted octanol–water partition coefficient (Wildman–Crippen LogP) is 4.58. The van der Waals surface area contributed by atoms with E-state index in [1.54, 1.807) is 6.33 Å². The van der Waals surface area contributed by atoms with Crippen LogP contribution in [0.2, 0.25) is 0 Å². The summed E-state index contributed by atoms with van der Waals surface area (Å²) in [7, 11) is 0. The largest absolute Gasteiger partial charge is 0.505 e. The lowest BCUT2D eigenvalue weighted by atomic mass is 10.2. The van der Waals surface area contributed by atoms with Crippen LogP contribution in [0.15, 0.2) is 79.1 Å². The summed E-state index contributed by atoms with van der Waals surface area (Å²) in [6.45, 7) is 0.634. The summed E-state index contributed by atoms with van der Waals surface area (Å²) in [5.41, 5.74) is 3.91.